The topological polar surface area (TPSA) is 71.2 Å². The zero-order chi connectivity index (χ0) is 19.5. The molecule has 2 aromatic carbocycles. The van der Waals surface area contributed by atoms with Crippen molar-refractivity contribution in [3.8, 4) is 11.1 Å². The monoisotopic (exact) mass is 392 g/mol. The first-order valence-electron chi connectivity index (χ1n) is 9.24. The van der Waals surface area contributed by atoms with Crippen molar-refractivity contribution < 1.29 is 4.79 Å². The highest BCUT2D eigenvalue weighted by Gasteiger charge is 2.31. The zero-order valence-electron chi connectivity index (χ0n) is 15.3. The van der Waals surface area contributed by atoms with Crippen molar-refractivity contribution in [1.82, 2.24) is 10.3 Å². The van der Waals surface area contributed by atoms with E-state index in [9.17, 15) is 4.79 Å². The van der Waals surface area contributed by atoms with E-state index >= 15 is 0 Å². The van der Waals surface area contributed by atoms with Crippen molar-refractivity contribution in [1.29, 1.82) is 0 Å². The molecule has 0 spiro atoms. The van der Waals surface area contributed by atoms with E-state index in [1.54, 1.807) is 23.2 Å². The Hall–Kier alpha value is -2.89. The van der Waals surface area contributed by atoms with Crippen LogP contribution in [0.4, 0.5) is 11.5 Å². The summed E-state index contributed by atoms with van der Waals surface area (Å²) in [6.45, 7) is 1.59. The van der Waals surface area contributed by atoms with Crippen molar-refractivity contribution in [2.24, 2.45) is 0 Å². The molecule has 3 aromatic rings. The Morgan fingerprint density at radius 3 is 2.61 bits per heavy atom. The van der Waals surface area contributed by atoms with Crippen molar-refractivity contribution >= 4 is 29.0 Å². The lowest BCUT2D eigenvalue weighted by Crippen LogP contribution is -2.42. The molecule has 2 heterocycles. The van der Waals surface area contributed by atoms with Gasteiger partial charge in [0.25, 0.3) is 5.91 Å². The average molecular weight is 393 g/mol. The predicted octanol–water partition coefficient (Wildman–Crippen LogP) is 3.99. The van der Waals surface area contributed by atoms with Crippen LogP contribution < -0.4 is 16.0 Å². The fraction of sp³-hybridized carbons (Fsp3) is 0.182. The molecule has 1 saturated heterocycles. The Morgan fingerprint density at radius 2 is 1.93 bits per heavy atom. The summed E-state index contributed by atoms with van der Waals surface area (Å²) in [5.74, 6) is 0.399. The van der Waals surface area contributed by atoms with E-state index in [-0.39, 0.29) is 11.9 Å². The maximum absolute atomic E-state index is 13.4. The number of nitrogens with two attached hydrogens (primary N) is 1. The van der Waals surface area contributed by atoms with Crippen molar-refractivity contribution in [3.05, 3.63) is 77.4 Å². The van der Waals surface area contributed by atoms with Crippen LogP contribution in [-0.2, 0) is 0 Å². The van der Waals surface area contributed by atoms with Crippen LogP contribution >= 0.6 is 11.6 Å². The molecule has 1 aliphatic heterocycles. The third kappa shape index (κ3) is 3.72. The summed E-state index contributed by atoms with van der Waals surface area (Å²) in [6, 6.07) is 18.8. The third-order valence-electron chi connectivity index (χ3n) is 4.94. The predicted molar refractivity (Wildman–Crippen MR) is 114 cm³/mol. The number of benzene rings is 2. The Balaban J connectivity index is 1.66. The Morgan fingerprint density at radius 1 is 1.11 bits per heavy atom. The molecule has 6 heteroatoms. The van der Waals surface area contributed by atoms with E-state index in [1.165, 1.54) is 0 Å². The van der Waals surface area contributed by atoms with Gasteiger partial charge in [-0.15, -0.1) is 0 Å². The van der Waals surface area contributed by atoms with E-state index in [4.69, 9.17) is 17.3 Å². The largest absolute Gasteiger partial charge is 0.399 e. The smallest absolute Gasteiger partial charge is 0.259 e. The minimum absolute atomic E-state index is 0.0218. The molecule has 3 N–H and O–H groups in total. The highest BCUT2D eigenvalue weighted by Crippen LogP contribution is 2.29. The zero-order valence-corrected chi connectivity index (χ0v) is 16.1. The molecule has 5 nitrogen and oxygen atoms in total. The Kier molecular flexibility index (Phi) is 5.28. The fourth-order valence-corrected chi connectivity index (χ4v) is 3.72. The van der Waals surface area contributed by atoms with Crippen LogP contribution in [0.3, 0.4) is 0 Å². The summed E-state index contributed by atoms with van der Waals surface area (Å²) in [6.07, 6.45) is 2.52. The quantitative estimate of drug-likeness (QED) is 0.658. The van der Waals surface area contributed by atoms with E-state index in [0.29, 0.717) is 22.1 Å². The molecule has 1 amide bonds. The van der Waals surface area contributed by atoms with E-state index < -0.39 is 0 Å². The van der Waals surface area contributed by atoms with Gasteiger partial charge in [0.1, 0.15) is 0 Å². The number of carbonyl (C=O) groups excluding carboxylic acids is 1. The lowest BCUT2D eigenvalue weighted by atomic mass is 10.0. The number of hydrogen-bond acceptors (Lipinski definition) is 4. The molecule has 142 valence electrons. The number of rotatable bonds is 4. The van der Waals surface area contributed by atoms with Crippen LogP contribution in [0, 0.1) is 0 Å². The Labute approximate surface area is 169 Å². The van der Waals surface area contributed by atoms with E-state index in [0.717, 1.165) is 30.6 Å². The molecule has 0 unspecified atom stereocenters. The highest BCUT2D eigenvalue weighted by atomic mass is 35.5. The second-order valence-electron chi connectivity index (χ2n) is 6.83. The number of halogens is 1. The molecule has 0 aliphatic carbocycles. The highest BCUT2D eigenvalue weighted by molar-refractivity contribution is 6.33. The molecule has 1 fully saturated rings. The van der Waals surface area contributed by atoms with Crippen LogP contribution in [0.1, 0.15) is 16.8 Å². The first-order valence-corrected chi connectivity index (χ1v) is 9.62. The van der Waals surface area contributed by atoms with Gasteiger partial charge in [-0.2, -0.15) is 0 Å². The number of carbonyl (C=O) groups is 1. The maximum atomic E-state index is 13.4. The van der Waals surface area contributed by atoms with Crippen molar-refractivity contribution in [3.63, 3.8) is 0 Å². The summed E-state index contributed by atoms with van der Waals surface area (Å²) in [7, 11) is 0. The van der Waals surface area contributed by atoms with Gasteiger partial charge in [0.05, 0.1) is 11.1 Å². The number of hydrogen-bond donors (Lipinski definition) is 2. The molecular formula is C22H21ClN4O. The summed E-state index contributed by atoms with van der Waals surface area (Å²) in [4.78, 5) is 19.5. The van der Waals surface area contributed by atoms with Gasteiger partial charge in [0, 0.05) is 24.0 Å². The van der Waals surface area contributed by atoms with Crippen LogP contribution in [0.5, 0.6) is 0 Å². The molecule has 1 atom stereocenters. The molecular weight excluding hydrogens is 372 g/mol. The number of anilines is 2. The van der Waals surface area contributed by atoms with Gasteiger partial charge in [-0.1, -0.05) is 35.9 Å². The lowest BCUT2D eigenvalue weighted by molar-refractivity contribution is 0.0977. The molecule has 0 radical (unpaired) electrons. The van der Waals surface area contributed by atoms with E-state index in [2.05, 4.69) is 10.3 Å². The molecule has 0 bridgehead atoms. The fourth-order valence-electron chi connectivity index (χ4n) is 3.51. The first-order chi connectivity index (χ1) is 13.6. The van der Waals surface area contributed by atoms with Gasteiger partial charge in [0.2, 0.25) is 0 Å². The normalized spacial score (nSPS) is 16.1. The number of amides is 1. The minimum atomic E-state index is -0.103. The molecule has 28 heavy (non-hydrogen) atoms. The summed E-state index contributed by atoms with van der Waals surface area (Å²) in [5, 5.41) is 3.78. The van der Waals surface area contributed by atoms with Crippen LogP contribution in [0.2, 0.25) is 5.02 Å². The van der Waals surface area contributed by atoms with E-state index in [1.807, 2.05) is 48.5 Å². The summed E-state index contributed by atoms with van der Waals surface area (Å²) in [5.41, 5.74) is 9.21. The minimum Gasteiger partial charge on any atom is -0.399 e. The second-order valence-corrected chi connectivity index (χ2v) is 7.24. The second kappa shape index (κ2) is 8.00. The molecule has 4 rings (SSSR count). The third-order valence-corrected chi connectivity index (χ3v) is 5.23. The molecule has 0 saturated carbocycles. The van der Waals surface area contributed by atoms with Crippen LogP contribution in [0.25, 0.3) is 11.1 Å². The first kappa shape index (κ1) is 18.5. The number of nitrogens with zero attached hydrogens (tertiary/aromatic N) is 2. The SMILES string of the molecule is Nc1cccc(-c2ccc(C(=O)N(c3ncccc3Cl)[C@@H]3CCNC3)cc2)c1. The van der Waals surface area contributed by atoms with Crippen molar-refractivity contribution in [2.45, 2.75) is 12.5 Å². The van der Waals surface area contributed by atoms with Gasteiger partial charge in [-0.3, -0.25) is 9.69 Å². The Bertz CT molecular complexity index is 984. The maximum Gasteiger partial charge on any atom is 0.259 e. The van der Waals surface area contributed by atoms with Gasteiger partial charge < -0.3 is 11.1 Å². The van der Waals surface area contributed by atoms with Crippen LogP contribution in [0.15, 0.2) is 66.9 Å². The van der Waals surface area contributed by atoms with Gasteiger partial charge >= 0.3 is 0 Å². The summed E-state index contributed by atoms with van der Waals surface area (Å²) < 4.78 is 0. The number of pyridine rings is 1. The molecule has 1 aromatic heterocycles. The van der Waals surface area contributed by atoms with Crippen molar-refractivity contribution in [2.75, 3.05) is 23.7 Å². The lowest BCUT2D eigenvalue weighted by Gasteiger charge is -2.28. The van der Waals surface area contributed by atoms with Gasteiger partial charge in [0.15, 0.2) is 5.82 Å². The van der Waals surface area contributed by atoms with Gasteiger partial charge in [-0.25, -0.2) is 4.98 Å². The number of nitrogen functional groups attached to an aromatic ring is 1. The molecule has 1 aliphatic rings. The average Bonchev–Trinajstić information content (AvgIpc) is 3.24. The number of nitrogens with one attached hydrogen (secondary N) is 1. The van der Waals surface area contributed by atoms with Gasteiger partial charge in [-0.05, 0) is 60.5 Å². The summed E-state index contributed by atoms with van der Waals surface area (Å²) >= 11 is 6.36. The van der Waals surface area contributed by atoms with Crippen LogP contribution in [-0.4, -0.2) is 30.0 Å². The standard InChI is InChI=1S/C22H21ClN4O/c23-20-5-2-11-26-21(20)27(19-10-12-25-14-19)22(28)16-8-6-15(7-9-16)17-3-1-4-18(24)13-17/h1-9,11,13,19,25H,10,12,14,24H2/t19-/m1/s1. The number of aromatic nitrogens is 1.